The third-order valence-electron chi connectivity index (χ3n) is 1.76. The first kappa shape index (κ1) is 8.97. The van der Waals surface area contributed by atoms with Crippen molar-refractivity contribution in [1.82, 2.24) is 0 Å². The van der Waals surface area contributed by atoms with E-state index in [1.165, 1.54) is 0 Å². The molecule has 1 atom stereocenters. The van der Waals surface area contributed by atoms with Crippen LogP contribution in [0.3, 0.4) is 0 Å². The topological polar surface area (TPSA) is 44.5 Å². The molecule has 3 heteroatoms. The van der Waals surface area contributed by atoms with Gasteiger partial charge < -0.3 is 15.2 Å². The average Bonchev–Trinajstić information content (AvgIpc) is 1.82. The van der Waals surface area contributed by atoms with Gasteiger partial charge in [0.05, 0.1) is 13.2 Å². The molecule has 1 aliphatic rings. The van der Waals surface area contributed by atoms with E-state index < -0.39 is 0 Å². The second-order valence-electron chi connectivity index (χ2n) is 3.15. The van der Waals surface area contributed by atoms with Crippen LogP contribution in [0.15, 0.2) is 0 Å². The highest BCUT2D eigenvalue weighted by molar-refractivity contribution is 4.64. The van der Waals surface area contributed by atoms with Crippen molar-refractivity contribution >= 4 is 0 Å². The van der Waals surface area contributed by atoms with E-state index in [4.69, 9.17) is 15.2 Å². The van der Waals surface area contributed by atoms with Crippen LogP contribution in [0, 0.1) is 0 Å². The molecule has 0 saturated carbocycles. The van der Waals surface area contributed by atoms with Crippen molar-refractivity contribution in [1.29, 1.82) is 0 Å². The fourth-order valence-electron chi connectivity index (χ4n) is 0.966. The lowest BCUT2D eigenvalue weighted by molar-refractivity contribution is -0.130. The lowest BCUT2D eigenvalue weighted by Crippen LogP contribution is -2.36. The molecule has 1 unspecified atom stereocenters. The molecule has 0 radical (unpaired) electrons. The van der Waals surface area contributed by atoms with Gasteiger partial charge in [0, 0.05) is 12.6 Å². The van der Waals surface area contributed by atoms with Crippen molar-refractivity contribution in [3.63, 3.8) is 0 Å². The standard InChI is InChI=1S/C8H17NO2/c1-7(9)3-2-4-11-8-5-10-6-8/h7-8H,2-6,9H2,1H3. The molecule has 66 valence electrons. The van der Waals surface area contributed by atoms with Crippen molar-refractivity contribution < 1.29 is 9.47 Å². The maximum atomic E-state index is 5.58. The van der Waals surface area contributed by atoms with Gasteiger partial charge in [0.15, 0.2) is 0 Å². The zero-order valence-electron chi connectivity index (χ0n) is 7.08. The van der Waals surface area contributed by atoms with Crippen molar-refractivity contribution in [2.45, 2.75) is 31.9 Å². The van der Waals surface area contributed by atoms with E-state index in [-0.39, 0.29) is 0 Å². The van der Waals surface area contributed by atoms with Gasteiger partial charge in [-0.05, 0) is 19.8 Å². The van der Waals surface area contributed by atoms with Gasteiger partial charge in [-0.2, -0.15) is 0 Å². The van der Waals surface area contributed by atoms with Gasteiger partial charge in [0.2, 0.25) is 0 Å². The van der Waals surface area contributed by atoms with Crippen LogP contribution in [0.4, 0.5) is 0 Å². The quantitative estimate of drug-likeness (QED) is 0.595. The van der Waals surface area contributed by atoms with E-state index in [1.807, 2.05) is 6.92 Å². The van der Waals surface area contributed by atoms with Crippen molar-refractivity contribution in [2.75, 3.05) is 19.8 Å². The SMILES string of the molecule is CC(N)CCCOC1COC1. The molecule has 11 heavy (non-hydrogen) atoms. The summed E-state index contributed by atoms with van der Waals surface area (Å²) in [4.78, 5) is 0. The predicted octanol–water partition coefficient (Wildman–Crippen LogP) is 0.529. The van der Waals surface area contributed by atoms with Crippen LogP contribution in [0.5, 0.6) is 0 Å². The molecule has 0 bridgehead atoms. The number of ether oxygens (including phenoxy) is 2. The maximum absolute atomic E-state index is 5.58. The highest BCUT2D eigenvalue weighted by Gasteiger charge is 2.17. The van der Waals surface area contributed by atoms with E-state index in [9.17, 15) is 0 Å². The smallest absolute Gasteiger partial charge is 0.104 e. The summed E-state index contributed by atoms with van der Waals surface area (Å²) in [5.74, 6) is 0. The third-order valence-corrected chi connectivity index (χ3v) is 1.76. The van der Waals surface area contributed by atoms with Crippen molar-refractivity contribution in [3.8, 4) is 0 Å². The Morgan fingerprint density at radius 2 is 2.36 bits per heavy atom. The normalized spacial score (nSPS) is 21.3. The Labute approximate surface area is 67.9 Å². The maximum Gasteiger partial charge on any atom is 0.104 e. The molecule has 0 aromatic heterocycles. The monoisotopic (exact) mass is 159 g/mol. The van der Waals surface area contributed by atoms with Gasteiger partial charge in [-0.25, -0.2) is 0 Å². The molecule has 0 aromatic rings. The van der Waals surface area contributed by atoms with Gasteiger partial charge in [-0.1, -0.05) is 0 Å². The minimum atomic E-state index is 0.302. The van der Waals surface area contributed by atoms with E-state index >= 15 is 0 Å². The number of hydrogen-bond acceptors (Lipinski definition) is 3. The predicted molar refractivity (Wildman–Crippen MR) is 43.4 cm³/mol. The lowest BCUT2D eigenvalue weighted by Gasteiger charge is -2.26. The Hall–Kier alpha value is -0.120. The lowest BCUT2D eigenvalue weighted by atomic mass is 10.2. The Morgan fingerprint density at radius 1 is 1.64 bits per heavy atom. The van der Waals surface area contributed by atoms with E-state index in [0.717, 1.165) is 32.7 Å². The van der Waals surface area contributed by atoms with E-state index in [1.54, 1.807) is 0 Å². The van der Waals surface area contributed by atoms with Gasteiger partial charge in [0.25, 0.3) is 0 Å². The largest absolute Gasteiger partial charge is 0.376 e. The van der Waals surface area contributed by atoms with Crippen LogP contribution in [-0.4, -0.2) is 32.0 Å². The zero-order chi connectivity index (χ0) is 8.10. The fourth-order valence-corrected chi connectivity index (χ4v) is 0.966. The molecular weight excluding hydrogens is 142 g/mol. The minimum absolute atomic E-state index is 0.302. The molecular formula is C8H17NO2. The molecule has 0 spiro atoms. The summed E-state index contributed by atoms with van der Waals surface area (Å²) in [6.07, 6.45) is 2.48. The van der Waals surface area contributed by atoms with E-state index in [2.05, 4.69) is 0 Å². The first-order valence-corrected chi connectivity index (χ1v) is 4.24. The van der Waals surface area contributed by atoms with Crippen LogP contribution in [0.25, 0.3) is 0 Å². The van der Waals surface area contributed by atoms with Crippen LogP contribution in [0.1, 0.15) is 19.8 Å². The Kier molecular flexibility index (Phi) is 3.83. The van der Waals surface area contributed by atoms with Crippen molar-refractivity contribution in [2.24, 2.45) is 5.73 Å². The summed E-state index contributed by atoms with van der Waals surface area (Å²) in [6, 6.07) is 0.302. The number of hydrogen-bond donors (Lipinski definition) is 1. The molecule has 2 N–H and O–H groups in total. The zero-order valence-corrected chi connectivity index (χ0v) is 7.08. The van der Waals surface area contributed by atoms with Crippen molar-refractivity contribution in [3.05, 3.63) is 0 Å². The number of nitrogens with two attached hydrogens (primary N) is 1. The summed E-state index contributed by atoms with van der Waals surface area (Å²) >= 11 is 0. The molecule has 1 rings (SSSR count). The summed E-state index contributed by atoms with van der Waals surface area (Å²) in [7, 11) is 0. The second kappa shape index (κ2) is 4.70. The highest BCUT2D eigenvalue weighted by Crippen LogP contribution is 2.06. The van der Waals surface area contributed by atoms with Crippen LogP contribution in [-0.2, 0) is 9.47 Å². The van der Waals surface area contributed by atoms with Gasteiger partial charge in [0.1, 0.15) is 6.10 Å². The van der Waals surface area contributed by atoms with Gasteiger partial charge in [-0.3, -0.25) is 0 Å². The molecule has 0 amide bonds. The second-order valence-corrected chi connectivity index (χ2v) is 3.15. The van der Waals surface area contributed by atoms with Crippen LogP contribution >= 0.6 is 0 Å². The minimum Gasteiger partial charge on any atom is -0.376 e. The summed E-state index contributed by atoms with van der Waals surface area (Å²) < 4.78 is 10.4. The highest BCUT2D eigenvalue weighted by atomic mass is 16.6. The molecule has 0 aromatic carbocycles. The van der Waals surface area contributed by atoms with E-state index in [0.29, 0.717) is 12.1 Å². The molecule has 1 saturated heterocycles. The molecule has 1 heterocycles. The first-order chi connectivity index (χ1) is 5.29. The fraction of sp³-hybridized carbons (Fsp3) is 1.00. The molecule has 1 aliphatic heterocycles. The van der Waals surface area contributed by atoms with Crippen LogP contribution in [0.2, 0.25) is 0 Å². The summed E-state index contributed by atoms with van der Waals surface area (Å²) in [5.41, 5.74) is 5.58. The molecule has 0 aliphatic carbocycles. The number of rotatable bonds is 5. The van der Waals surface area contributed by atoms with Gasteiger partial charge >= 0.3 is 0 Å². The van der Waals surface area contributed by atoms with Gasteiger partial charge in [-0.15, -0.1) is 0 Å². The molecule has 1 fully saturated rings. The average molecular weight is 159 g/mol. The third kappa shape index (κ3) is 3.70. The Bertz CT molecular complexity index is 102. The van der Waals surface area contributed by atoms with Crippen LogP contribution < -0.4 is 5.73 Å². The summed E-state index contributed by atoms with van der Waals surface area (Å²) in [5, 5.41) is 0. The Balaban J connectivity index is 1.80. The Morgan fingerprint density at radius 3 is 2.82 bits per heavy atom. The molecule has 3 nitrogen and oxygen atoms in total. The first-order valence-electron chi connectivity index (χ1n) is 4.24. The summed E-state index contributed by atoms with van der Waals surface area (Å²) in [6.45, 7) is 4.40.